The lowest BCUT2D eigenvalue weighted by atomic mass is 10.0. The number of benzene rings is 1. The fourth-order valence-electron chi connectivity index (χ4n) is 2.12. The average Bonchev–Trinajstić information content (AvgIpc) is 2.61. The number of aryl methyl sites for hydroxylation is 3. The van der Waals surface area contributed by atoms with Crippen molar-refractivity contribution < 1.29 is 14.4 Å². The minimum Gasteiger partial charge on any atom is -0.477 e. The Labute approximate surface area is 110 Å². The molecule has 1 aromatic carbocycles. The van der Waals surface area contributed by atoms with Gasteiger partial charge in [-0.15, -0.1) is 0 Å². The van der Waals surface area contributed by atoms with Gasteiger partial charge in [-0.25, -0.2) is 14.3 Å². The third-order valence-electron chi connectivity index (χ3n) is 3.04. The predicted molar refractivity (Wildman–Crippen MR) is 69.5 cm³/mol. The SMILES string of the molecule is Cc1cccc(CCc2c(C(=O)O)c(=O)on2C)c1. The van der Waals surface area contributed by atoms with Crippen LogP contribution in [0.3, 0.4) is 0 Å². The van der Waals surface area contributed by atoms with Crippen molar-refractivity contribution in [3.8, 4) is 0 Å². The highest BCUT2D eigenvalue weighted by Crippen LogP contribution is 2.11. The summed E-state index contributed by atoms with van der Waals surface area (Å²) >= 11 is 0. The summed E-state index contributed by atoms with van der Waals surface area (Å²) in [5.41, 5.74) is 1.60. The second kappa shape index (κ2) is 5.14. The van der Waals surface area contributed by atoms with Gasteiger partial charge in [0.1, 0.15) is 0 Å². The number of rotatable bonds is 4. The Morgan fingerprint density at radius 3 is 2.74 bits per heavy atom. The van der Waals surface area contributed by atoms with Crippen molar-refractivity contribution in [2.75, 3.05) is 0 Å². The molecular formula is C14H15NO4. The number of nitrogens with zero attached hydrogens (tertiary/aromatic N) is 1. The maximum atomic E-state index is 11.4. The molecule has 0 aliphatic rings. The Bertz CT molecular complexity index is 666. The quantitative estimate of drug-likeness (QED) is 0.910. The summed E-state index contributed by atoms with van der Waals surface area (Å²) in [4.78, 5) is 22.4. The molecule has 0 aliphatic carbocycles. The van der Waals surface area contributed by atoms with Gasteiger partial charge in [-0.05, 0) is 25.3 Å². The molecule has 5 nitrogen and oxygen atoms in total. The molecule has 0 unspecified atom stereocenters. The molecule has 1 aromatic heterocycles. The van der Waals surface area contributed by atoms with Gasteiger partial charge in [0.05, 0.1) is 5.69 Å². The minimum atomic E-state index is -1.24. The van der Waals surface area contributed by atoms with Crippen molar-refractivity contribution in [2.45, 2.75) is 19.8 Å². The van der Waals surface area contributed by atoms with Gasteiger partial charge in [-0.1, -0.05) is 29.8 Å². The molecular weight excluding hydrogens is 246 g/mol. The zero-order valence-corrected chi connectivity index (χ0v) is 10.8. The first-order valence-corrected chi connectivity index (χ1v) is 5.97. The van der Waals surface area contributed by atoms with Crippen LogP contribution >= 0.6 is 0 Å². The van der Waals surface area contributed by atoms with Gasteiger partial charge >= 0.3 is 11.6 Å². The van der Waals surface area contributed by atoms with Crippen molar-refractivity contribution in [3.05, 3.63) is 57.1 Å². The van der Waals surface area contributed by atoms with E-state index in [4.69, 9.17) is 9.63 Å². The molecule has 0 saturated carbocycles. The van der Waals surface area contributed by atoms with E-state index in [0.717, 1.165) is 11.1 Å². The van der Waals surface area contributed by atoms with Gasteiger partial charge in [-0.2, -0.15) is 0 Å². The molecule has 1 heterocycles. The van der Waals surface area contributed by atoms with Crippen LogP contribution in [0.2, 0.25) is 0 Å². The van der Waals surface area contributed by atoms with Gasteiger partial charge in [0, 0.05) is 7.05 Å². The molecule has 0 amide bonds. The molecule has 5 heteroatoms. The lowest BCUT2D eigenvalue weighted by Crippen LogP contribution is -2.12. The van der Waals surface area contributed by atoms with E-state index in [-0.39, 0.29) is 5.56 Å². The fraction of sp³-hybridized carbons (Fsp3) is 0.286. The van der Waals surface area contributed by atoms with E-state index < -0.39 is 11.6 Å². The molecule has 0 fully saturated rings. The van der Waals surface area contributed by atoms with Crippen molar-refractivity contribution in [1.82, 2.24) is 4.74 Å². The van der Waals surface area contributed by atoms with Gasteiger partial charge in [-0.3, -0.25) is 0 Å². The first-order valence-electron chi connectivity index (χ1n) is 5.97. The normalized spacial score (nSPS) is 10.6. The summed E-state index contributed by atoms with van der Waals surface area (Å²) < 4.78 is 6.04. The van der Waals surface area contributed by atoms with E-state index in [9.17, 15) is 9.59 Å². The number of hydrogen-bond donors (Lipinski definition) is 1. The largest absolute Gasteiger partial charge is 0.477 e. The highest BCUT2D eigenvalue weighted by atomic mass is 16.5. The van der Waals surface area contributed by atoms with Crippen LogP contribution in [-0.4, -0.2) is 15.8 Å². The fourth-order valence-corrected chi connectivity index (χ4v) is 2.12. The molecule has 0 atom stereocenters. The van der Waals surface area contributed by atoms with Crippen LogP contribution in [0.25, 0.3) is 0 Å². The number of aromatic carboxylic acids is 1. The predicted octanol–water partition coefficient (Wildman–Crippen LogP) is 1.77. The number of carboxylic acids is 1. The molecule has 0 aliphatic heterocycles. The third-order valence-corrected chi connectivity index (χ3v) is 3.04. The molecule has 2 aromatic rings. The first kappa shape index (κ1) is 13.1. The molecule has 100 valence electrons. The Balaban J connectivity index is 2.25. The minimum absolute atomic E-state index is 0.268. The summed E-state index contributed by atoms with van der Waals surface area (Å²) in [5, 5.41) is 9.03. The molecule has 19 heavy (non-hydrogen) atoms. The van der Waals surface area contributed by atoms with Crippen molar-refractivity contribution in [1.29, 1.82) is 0 Å². The van der Waals surface area contributed by atoms with E-state index >= 15 is 0 Å². The van der Waals surface area contributed by atoms with E-state index in [2.05, 4.69) is 0 Å². The van der Waals surface area contributed by atoms with E-state index in [1.165, 1.54) is 4.74 Å². The van der Waals surface area contributed by atoms with Crippen LogP contribution in [0.1, 0.15) is 27.2 Å². The number of carboxylic acid groups (broad SMARTS) is 1. The van der Waals surface area contributed by atoms with Crippen molar-refractivity contribution in [3.63, 3.8) is 0 Å². The van der Waals surface area contributed by atoms with Gasteiger partial charge < -0.3 is 9.63 Å². The van der Waals surface area contributed by atoms with Gasteiger partial charge in [0.2, 0.25) is 0 Å². The summed E-state index contributed by atoms with van der Waals surface area (Å²) in [5.74, 6) is -1.24. The summed E-state index contributed by atoms with van der Waals surface area (Å²) in [6.45, 7) is 2.00. The monoisotopic (exact) mass is 261 g/mol. The van der Waals surface area contributed by atoms with Crippen LogP contribution in [0.4, 0.5) is 0 Å². The van der Waals surface area contributed by atoms with E-state index in [1.807, 2.05) is 31.2 Å². The van der Waals surface area contributed by atoms with Gasteiger partial charge in [0.25, 0.3) is 0 Å². The Kier molecular flexibility index (Phi) is 3.55. The van der Waals surface area contributed by atoms with Crippen molar-refractivity contribution >= 4 is 5.97 Å². The molecule has 0 radical (unpaired) electrons. The first-order chi connectivity index (χ1) is 8.99. The van der Waals surface area contributed by atoms with Crippen LogP contribution in [0.5, 0.6) is 0 Å². The maximum absolute atomic E-state index is 11.4. The standard InChI is InChI=1S/C14H15NO4/c1-9-4-3-5-10(8-9)6-7-11-12(13(16)17)14(18)19-15(11)2/h3-5,8H,6-7H2,1-2H3,(H,16,17). The lowest BCUT2D eigenvalue weighted by Gasteiger charge is -2.04. The van der Waals surface area contributed by atoms with Gasteiger partial charge in [0.15, 0.2) is 5.56 Å². The zero-order valence-electron chi connectivity index (χ0n) is 10.8. The van der Waals surface area contributed by atoms with Crippen molar-refractivity contribution in [2.24, 2.45) is 7.05 Å². The highest BCUT2D eigenvalue weighted by Gasteiger charge is 2.21. The Morgan fingerprint density at radius 1 is 1.37 bits per heavy atom. The second-order valence-corrected chi connectivity index (χ2v) is 4.49. The number of aromatic nitrogens is 1. The van der Waals surface area contributed by atoms with Crippen LogP contribution in [0, 0.1) is 6.92 Å². The summed E-state index contributed by atoms with van der Waals surface area (Å²) in [6.07, 6.45) is 1.11. The second-order valence-electron chi connectivity index (χ2n) is 4.49. The Morgan fingerprint density at radius 2 is 2.11 bits per heavy atom. The molecule has 0 spiro atoms. The highest BCUT2D eigenvalue weighted by molar-refractivity contribution is 5.88. The van der Waals surface area contributed by atoms with E-state index in [1.54, 1.807) is 7.05 Å². The number of hydrogen-bond acceptors (Lipinski definition) is 3. The lowest BCUT2D eigenvalue weighted by molar-refractivity contribution is 0.0693. The zero-order chi connectivity index (χ0) is 14.0. The topological polar surface area (TPSA) is 72.4 Å². The summed E-state index contributed by atoms with van der Waals surface area (Å²) in [6, 6.07) is 7.97. The molecule has 0 saturated heterocycles. The molecule has 1 N–H and O–H groups in total. The smallest absolute Gasteiger partial charge is 0.372 e. The maximum Gasteiger partial charge on any atom is 0.372 e. The van der Waals surface area contributed by atoms with Crippen LogP contribution in [-0.2, 0) is 19.9 Å². The third kappa shape index (κ3) is 2.76. The molecule has 2 rings (SSSR count). The number of carbonyl (C=O) groups is 1. The Hall–Kier alpha value is -2.30. The average molecular weight is 261 g/mol. The van der Waals surface area contributed by atoms with Crippen LogP contribution < -0.4 is 5.63 Å². The van der Waals surface area contributed by atoms with E-state index in [0.29, 0.717) is 18.5 Å². The molecule has 0 bridgehead atoms. The summed E-state index contributed by atoms with van der Waals surface area (Å²) in [7, 11) is 1.54. The van der Waals surface area contributed by atoms with Crippen LogP contribution in [0.15, 0.2) is 33.6 Å².